The standard InChI is InChI=1S/C6H4BBrO2S/c8-6-2-1-5(11-6)7-9-3-4-10-7/h1-4H. The fourth-order valence-corrected chi connectivity index (χ4v) is 2.23. The lowest BCUT2D eigenvalue weighted by atomic mass is 9.88. The fraction of sp³-hybridized carbons (Fsp3) is 0. The van der Waals surface area contributed by atoms with Gasteiger partial charge >= 0.3 is 7.12 Å². The van der Waals surface area contributed by atoms with E-state index < -0.39 is 0 Å². The Morgan fingerprint density at radius 1 is 1.27 bits per heavy atom. The summed E-state index contributed by atoms with van der Waals surface area (Å²) < 4.78 is 12.4. The quantitative estimate of drug-likeness (QED) is 0.685. The molecule has 2 nitrogen and oxygen atoms in total. The first-order chi connectivity index (χ1) is 5.36. The third-order valence-corrected chi connectivity index (χ3v) is 2.93. The van der Waals surface area contributed by atoms with Crippen LogP contribution in [0.4, 0.5) is 0 Å². The van der Waals surface area contributed by atoms with Crippen LogP contribution in [0.25, 0.3) is 0 Å². The highest BCUT2D eigenvalue weighted by atomic mass is 79.9. The van der Waals surface area contributed by atoms with Crippen LogP contribution < -0.4 is 4.78 Å². The van der Waals surface area contributed by atoms with Gasteiger partial charge in [0.05, 0.1) is 21.1 Å². The molecule has 56 valence electrons. The topological polar surface area (TPSA) is 18.5 Å². The Hall–Kier alpha value is -0.415. The molecule has 2 rings (SSSR count). The first-order valence-corrected chi connectivity index (χ1v) is 4.68. The zero-order valence-corrected chi connectivity index (χ0v) is 7.89. The van der Waals surface area contributed by atoms with Gasteiger partial charge in [-0.1, -0.05) is 0 Å². The van der Waals surface area contributed by atoms with Crippen molar-refractivity contribution in [3.63, 3.8) is 0 Å². The molecule has 0 saturated carbocycles. The summed E-state index contributed by atoms with van der Waals surface area (Å²) in [6.07, 6.45) is 3.11. The minimum atomic E-state index is -0.230. The molecule has 0 unspecified atom stereocenters. The SMILES string of the molecule is Brc1ccc(B2OC=CO2)s1. The maximum atomic E-state index is 5.14. The third kappa shape index (κ3) is 1.44. The Labute approximate surface area is 77.1 Å². The maximum absolute atomic E-state index is 5.14. The van der Waals surface area contributed by atoms with Crippen molar-refractivity contribution < 1.29 is 9.31 Å². The number of halogens is 1. The minimum Gasteiger partial charge on any atom is -0.525 e. The first-order valence-electron chi connectivity index (χ1n) is 3.07. The summed E-state index contributed by atoms with van der Waals surface area (Å²) in [6.45, 7) is 0. The molecule has 2 heterocycles. The van der Waals surface area contributed by atoms with Crippen molar-refractivity contribution in [2.75, 3.05) is 0 Å². The second kappa shape index (κ2) is 2.91. The van der Waals surface area contributed by atoms with Crippen molar-refractivity contribution in [1.82, 2.24) is 0 Å². The lowest BCUT2D eigenvalue weighted by molar-refractivity contribution is 0.424. The van der Waals surface area contributed by atoms with Crippen LogP contribution >= 0.6 is 27.3 Å². The van der Waals surface area contributed by atoms with Crippen LogP contribution in [0.2, 0.25) is 0 Å². The van der Waals surface area contributed by atoms with E-state index in [1.54, 1.807) is 23.9 Å². The molecule has 1 aliphatic rings. The summed E-state index contributed by atoms with van der Waals surface area (Å²) in [7, 11) is -0.230. The van der Waals surface area contributed by atoms with Gasteiger partial charge in [-0.3, -0.25) is 0 Å². The van der Waals surface area contributed by atoms with Crippen molar-refractivity contribution in [1.29, 1.82) is 0 Å². The number of hydrogen-bond acceptors (Lipinski definition) is 3. The minimum absolute atomic E-state index is 0.230. The van der Waals surface area contributed by atoms with E-state index in [0.29, 0.717) is 0 Å². The summed E-state index contributed by atoms with van der Waals surface area (Å²) in [5.41, 5.74) is 0. The van der Waals surface area contributed by atoms with E-state index in [1.165, 1.54) is 0 Å². The smallest absolute Gasteiger partial charge is 0.525 e. The van der Waals surface area contributed by atoms with E-state index >= 15 is 0 Å². The molecule has 1 aromatic heterocycles. The van der Waals surface area contributed by atoms with Crippen molar-refractivity contribution in [3.8, 4) is 0 Å². The van der Waals surface area contributed by atoms with Gasteiger partial charge in [0.1, 0.15) is 0 Å². The number of rotatable bonds is 1. The van der Waals surface area contributed by atoms with Gasteiger partial charge in [0.2, 0.25) is 0 Å². The average molecular weight is 231 g/mol. The second-order valence-corrected chi connectivity index (χ2v) is 4.51. The Morgan fingerprint density at radius 2 is 2.00 bits per heavy atom. The van der Waals surface area contributed by atoms with Crippen molar-refractivity contribution in [2.45, 2.75) is 0 Å². The Bertz CT molecular complexity index is 278. The molecule has 0 saturated heterocycles. The van der Waals surface area contributed by atoms with Gasteiger partial charge < -0.3 is 9.31 Å². The predicted molar refractivity (Wildman–Crippen MR) is 48.7 cm³/mol. The van der Waals surface area contributed by atoms with Crippen LogP contribution in [0.5, 0.6) is 0 Å². The molecule has 0 radical (unpaired) electrons. The van der Waals surface area contributed by atoms with Gasteiger partial charge in [0.25, 0.3) is 0 Å². The molecule has 11 heavy (non-hydrogen) atoms. The third-order valence-electron chi connectivity index (χ3n) is 1.29. The van der Waals surface area contributed by atoms with Gasteiger partial charge in [-0.25, -0.2) is 0 Å². The molecule has 0 bridgehead atoms. The van der Waals surface area contributed by atoms with Gasteiger partial charge in [0, 0.05) is 0 Å². The fourth-order valence-electron chi connectivity index (χ4n) is 0.828. The molecule has 0 aromatic carbocycles. The van der Waals surface area contributed by atoms with Crippen LogP contribution in [-0.2, 0) is 9.31 Å². The monoisotopic (exact) mass is 230 g/mol. The Balaban J connectivity index is 2.17. The van der Waals surface area contributed by atoms with E-state index in [-0.39, 0.29) is 7.12 Å². The number of hydrogen-bond donors (Lipinski definition) is 0. The van der Waals surface area contributed by atoms with E-state index in [4.69, 9.17) is 9.31 Å². The molecular formula is C6H4BBrO2S. The van der Waals surface area contributed by atoms with Crippen LogP contribution in [0.15, 0.2) is 28.4 Å². The van der Waals surface area contributed by atoms with E-state index in [2.05, 4.69) is 15.9 Å². The predicted octanol–water partition coefficient (Wildman–Crippen LogP) is 1.72. The highest BCUT2D eigenvalue weighted by Crippen LogP contribution is 2.16. The molecule has 0 atom stereocenters. The zero-order chi connectivity index (χ0) is 7.68. The molecule has 0 spiro atoms. The molecule has 0 amide bonds. The first kappa shape index (κ1) is 7.25. The van der Waals surface area contributed by atoms with Crippen LogP contribution in [0.3, 0.4) is 0 Å². The normalized spacial score (nSPS) is 14.8. The summed E-state index contributed by atoms with van der Waals surface area (Å²) in [5.74, 6) is 0. The van der Waals surface area contributed by atoms with Crippen molar-refractivity contribution in [3.05, 3.63) is 28.4 Å². The van der Waals surface area contributed by atoms with Crippen molar-refractivity contribution >= 4 is 39.2 Å². The van der Waals surface area contributed by atoms with Gasteiger partial charge in [-0.05, 0) is 28.1 Å². The van der Waals surface area contributed by atoms with Crippen LogP contribution in [-0.4, -0.2) is 7.12 Å². The summed E-state index contributed by atoms with van der Waals surface area (Å²) >= 11 is 4.98. The molecule has 0 aliphatic carbocycles. The lowest BCUT2D eigenvalue weighted by Gasteiger charge is -1.98. The molecule has 1 aliphatic heterocycles. The molecule has 5 heteroatoms. The summed E-state index contributed by atoms with van der Waals surface area (Å²) in [6, 6.07) is 3.96. The van der Waals surface area contributed by atoms with Crippen LogP contribution in [0.1, 0.15) is 0 Å². The Kier molecular flexibility index (Phi) is 1.92. The molecular weight excluding hydrogens is 227 g/mol. The van der Waals surface area contributed by atoms with E-state index in [9.17, 15) is 0 Å². The van der Waals surface area contributed by atoms with Gasteiger partial charge in [-0.2, -0.15) is 0 Å². The maximum Gasteiger partial charge on any atom is 0.642 e. The van der Waals surface area contributed by atoms with Gasteiger partial charge in [0.15, 0.2) is 0 Å². The summed E-state index contributed by atoms with van der Waals surface area (Å²) in [4.78, 5) is 0. The second-order valence-electron chi connectivity index (χ2n) is 2.02. The van der Waals surface area contributed by atoms with E-state index in [1.807, 2.05) is 12.1 Å². The molecule has 0 fully saturated rings. The largest absolute Gasteiger partial charge is 0.642 e. The van der Waals surface area contributed by atoms with E-state index in [0.717, 1.165) is 8.56 Å². The summed E-state index contributed by atoms with van der Waals surface area (Å²) in [5, 5.41) is 0. The number of thiophene rings is 1. The highest BCUT2D eigenvalue weighted by molar-refractivity contribution is 9.11. The van der Waals surface area contributed by atoms with Gasteiger partial charge in [-0.15, -0.1) is 11.3 Å². The lowest BCUT2D eigenvalue weighted by Crippen LogP contribution is -2.28. The van der Waals surface area contributed by atoms with Crippen molar-refractivity contribution in [2.24, 2.45) is 0 Å². The highest BCUT2D eigenvalue weighted by Gasteiger charge is 2.28. The molecule has 0 N–H and O–H groups in total. The zero-order valence-electron chi connectivity index (χ0n) is 5.49. The average Bonchev–Trinajstić information content (AvgIpc) is 2.55. The Morgan fingerprint density at radius 3 is 2.55 bits per heavy atom. The van der Waals surface area contributed by atoms with Crippen LogP contribution in [0, 0.1) is 0 Å². The molecule has 1 aromatic rings.